The van der Waals surface area contributed by atoms with Gasteiger partial charge in [-0.25, -0.2) is 0 Å². The first-order valence-electron chi connectivity index (χ1n) is 5.72. The smallest absolute Gasteiger partial charge is 0.134 e. The SMILES string of the molecule is CNCc1ccc(-c2ccc([C@H](C)O)cc2)o1. The standard InChI is InChI=1S/C14H17NO2/c1-10(16)11-3-5-12(6-4-11)14-8-7-13(17-14)9-15-2/h3-8,10,15-16H,9H2,1-2H3/t10-/m0/s1. The molecule has 0 saturated carbocycles. The van der Waals surface area contributed by atoms with Crippen molar-refractivity contribution in [3.63, 3.8) is 0 Å². The van der Waals surface area contributed by atoms with E-state index in [1.165, 1.54) is 0 Å². The van der Waals surface area contributed by atoms with Gasteiger partial charge in [0.1, 0.15) is 11.5 Å². The van der Waals surface area contributed by atoms with E-state index >= 15 is 0 Å². The minimum Gasteiger partial charge on any atom is -0.460 e. The van der Waals surface area contributed by atoms with Crippen molar-refractivity contribution in [2.45, 2.75) is 19.6 Å². The second-order valence-corrected chi connectivity index (χ2v) is 4.09. The van der Waals surface area contributed by atoms with E-state index in [-0.39, 0.29) is 0 Å². The summed E-state index contributed by atoms with van der Waals surface area (Å²) in [6, 6.07) is 11.7. The van der Waals surface area contributed by atoms with Crippen LogP contribution >= 0.6 is 0 Å². The molecule has 1 aromatic carbocycles. The summed E-state index contributed by atoms with van der Waals surface area (Å²) >= 11 is 0. The molecule has 0 amide bonds. The normalized spacial score (nSPS) is 12.6. The molecule has 2 N–H and O–H groups in total. The Bertz CT molecular complexity index is 471. The van der Waals surface area contributed by atoms with Crippen LogP contribution in [0.3, 0.4) is 0 Å². The zero-order chi connectivity index (χ0) is 12.3. The molecule has 0 aliphatic rings. The van der Waals surface area contributed by atoms with E-state index in [9.17, 15) is 5.11 Å². The van der Waals surface area contributed by atoms with Crippen LogP contribution in [0.4, 0.5) is 0 Å². The highest BCUT2D eigenvalue weighted by Gasteiger charge is 2.05. The molecule has 17 heavy (non-hydrogen) atoms. The number of furan rings is 1. The summed E-state index contributed by atoms with van der Waals surface area (Å²) in [6.45, 7) is 2.48. The lowest BCUT2D eigenvalue weighted by Crippen LogP contribution is -2.03. The zero-order valence-corrected chi connectivity index (χ0v) is 10.1. The van der Waals surface area contributed by atoms with Gasteiger partial charge in [0.15, 0.2) is 0 Å². The lowest BCUT2D eigenvalue weighted by molar-refractivity contribution is 0.199. The second kappa shape index (κ2) is 5.17. The van der Waals surface area contributed by atoms with Gasteiger partial charge in [0.05, 0.1) is 12.6 Å². The predicted molar refractivity (Wildman–Crippen MR) is 67.5 cm³/mol. The van der Waals surface area contributed by atoms with Gasteiger partial charge in [-0.05, 0) is 31.7 Å². The van der Waals surface area contributed by atoms with Gasteiger partial charge in [0.25, 0.3) is 0 Å². The molecule has 3 heteroatoms. The third kappa shape index (κ3) is 2.75. The van der Waals surface area contributed by atoms with Crippen molar-refractivity contribution in [3.8, 4) is 11.3 Å². The van der Waals surface area contributed by atoms with Crippen LogP contribution in [-0.2, 0) is 6.54 Å². The molecule has 2 rings (SSSR count). The minimum atomic E-state index is -0.430. The highest BCUT2D eigenvalue weighted by atomic mass is 16.3. The van der Waals surface area contributed by atoms with Crippen LogP contribution in [0, 0.1) is 0 Å². The molecule has 0 aliphatic carbocycles. The Morgan fingerprint density at radius 1 is 1.18 bits per heavy atom. The minimum absolute atomic E-state index is 0.430. The summed E-state index contributed by atoms with van der Waals surface area (Å²) in [4.78, 5) is 0. The van der Waals surface area contributed by atoms with Crippen molar-refractivity contribution in [2.75, 3.05) is 7.05 Å². The van der Waals surface area contributed by atoms with Crippen LogP contribution in [-0.4, -0.2) is 12.2 Å². The van der Waals surface area contributed by atoms with Gasteiger partial charge in [0, 0.05) is 5.56 Å². The van der Waals surface area contributed by atoms with Crippen molar-refractivity contribution in [1.29, 1.82) is 0 Å². The van der Waals surface area contributed by atoms with E-state index in [0.717, 1.165) is 29.2 Å². The van der Waals surface area contributed by atoms with Gasteiger partial charge < -0.3 is 14.8 Å². The molecular weight excluding hydrogens is 214 g/mol. The highest BCUT2D eigenvalue weighted by Crippen LogP contribution is 2.24. The topological polar surface area (TPSA) is 45.4 Å². The number of nitrogens with one attached hydrogen (secondary N) is 1. The Morgan fingerprint density at radius 3 is 2.47 bits per heavy atom. The number of aliphatic hydroxyl groups excluding tert-OH is 1. The fourth-order valence-electron chi connectivity index (χ4n) is 1.73. The van der Waals surface area contributed by atoms with Crippen LogP contribution in [0.15, 0.2) is 40.8 Å². The summed E-state index contributed by atoms with van der Waals surface area (Å²) in [5, 5.41) is 12.5. The molecule has 90 valence electrons. The van der Waals surface area contributed by atoms with Gasteiger partial charge >= 0.3 is 0 Å². The number of hydrogen-bond acceptors (Lipinski definition) is 3. The molecule has 2 aromatic rings. The third-order valence-corrected chi connectivity index (χ3v) is 2.69. The largest absolute Gasteiger partial charge is 0.460 e. The van der Waals surface area contributed by atoms with Gasteiger partial charge in [-0.1, -0.05) is 24.3 Å². The lowest BCUT2D eigenvalue weighted by atomic mass is 10.1. The van der Waals surface area contributed by atoms with Crippen molar-refractivity contribution < 1.29 is 9.52 Å². The molecule has 0 unspecified atom stereocenters. The number of hydrogen-bond donors (Lipinski definition) is 2. The van der Waals surface area contributed by atoms with Crippen LogP contribution in [0.1, 0.15) is 24.4 Å². The maximum Gasteiger partial charge on any atom is 0.134 e. The summed E-state index contributed by atoms with van der Waals surface area (Å²) in [5.41, 5.74) is 1.94. The van der Waals surface area contributed by atoms with Crippen molar-refractivity contribution in [2.24, 2.45) is 0 Å². The van der Waals surface area contributed by atoms with E-state index in [1.807, 2.05) is 43.4 Å². The Balaban J connectivity index is 2.21. The quantitative estimate of drug-likeness (QED) is 0.850. The highest BCUT2D eigenvalue weighted by molar-refractivity contribution is 5.58. The summed E-state index contributed by atoms with van der Waals surface area (Å²) in [6.07, 6.45) is -0.430. The first kappa shape index (κ1) is 11.9. The maximum atomic E-state index is 9.43. The van der Waals surface area contributed by atoms with Crippen LogP contribution in [0.25, 0.3) is 11.3 Å². The van der Waals surface area contributed by atoms with E-state index in [2.05, 4.69) is 5.32 Å². The molecule has 0 bridgehead atoms. The molecule has 0 aliphatic heterocycles. The van der Waals surface area contributed by atoms with Gasteiger partial charge in [0.2, 0.25) is 0 Å². The first-order chi connectivity index (χ1) is 8.20. The number of aliphatic hydroxyl groups is 1. The van der Waals surface area contributed by atoms with E-state index < -0.39 is 6.10 Å². The number of benzene rings is 1. The maximum absolute atomic E-state index is 9.43. The molecule has 1 aromatic heterocycles. The van der Waals surface area contributed by atoms with Crippen molar-refractivity contribution in [1.82, 2.24) is 5.32 Å². The predicted octanol–water partition coefficient (Wildman–Crippen LogP) is 2.72. The van der Waals surface area contributed by atoms with Gasteiger partial charge in [-0.15, -0.1) is 0 Å². The molecule has 3 nitrogen and oxygen atoms in total. The fourth-order valence-corrected chi connectivity index (χ4v) is 1.73. The van der Waals surface area contributed by atoms with Crippen molar-refractivity contribution >= 4 is 0 Å². The third-order valence-electron chi connectivity index (χ3n) is 2.69. The van der Waals surface area contributed by atoms with Crippen LogP contribution < -0.4 is 5.32 Å². The van der Waals surface area contributed by atoms with Crippen LogP contribution in [0.5, 0.6) is 0 Å². The average Bonchev–Trinajstić information content (AvgIpc) is 2.78. The Kier molecular flexibility index (Phi) is 3.61. The van der Waals surface area contributed by atoms with Gasteiger partial charge in [-0.2, -0.15) is 0 Å². The fraction of sp³-hybridized carbons (Fsp3) is 0.286. The Hall–Kier alpha value is -1.58. The Labute approximate surface area is 101 Å². The Morgan fingerprint density at radius 2 is 1.88 bits per heavy atom. The first-order valence-corrected chi connectivity index (χ1v) is 5.72. The zero-order valence-electron chi connectivity index (χ0n) is 10.1. The molecule has 1 heterocycles. The van der Waals surface area contributed by atoms with Crippen molar-refractivity contribution in [3.05, 3.63) is 47.7 Å². The van der Waals surface area contributed by atoms with Crippen LogP contribution in [0.2, 0.25) is 0 Å². The number of rotatable bonds is 4. The van der Waals surface area contributed by atoms with E-state index in [4.69, 9.17) is 4.42 Å². The monoisotopic (exact) mass is 231 g/mol. The summed E-state index contributed by atoms with van der Waals surface area (Å²) < 4.78 is 5.69. The van der Waals surface area contributed by atoms with Gasteiger partial charge in [-0.3, -0.25) is 0 Å². The summed E-state index contributed by atoms with van der Waals surface area (Å²) in [5.74, 6) is 1.77. The second-order valence-electron chi connectivity index (χ2n) is 4.09. The molecule has 1 atom stereocenters. The summed E-state index contributed by atoms with van der Waals surface area (Å²) in [7, 11) is 1.89. The van der Waals surface area contributed by atoms with E-state index in [0.29, 0.717) is 0 Å². The molecule has 0 fully saturated rings. The van der Waals surface area contributed by atoms with E-state index in [1.54, 1.807) is 6.92 Å². The lowest BCUT2D eigenvalue weighted by Gasteiger charge is -2.04. The average molecular weight is 231 g/mol. The molecule has 0 saturated heterocycles. The molecule has 0 spiro atoms. The molecule has 0 radical (unpaired) electrons. The molecular formula is C14H17NO2.